The molecule has 0 aliphatic carbocycles. The van der Waals surface area contributed by atoms with E-state index in [9.17, 15) is 14.1 Å². The predicted molar refractivity (Wildman–Crippen MR) is 77.4 cm³/mol. The van der Waals surface area contributed by atoms with Crippen molar-refractivity contribution >= 4 is 38.2 Å². The highest BCUT2D eigenvalue weighted by molar-refractivity contribution is 7.84. The second kappa shape index (κ2) is 6.27. The molecule has 0 aliphatic rings. The number of hydrogen-bond donors (Lipinski definition) is 1. The lowest BCUT2D eigenvalue weighted by Crippen LogP contribution is -2.08. The molecule has 0 spiro atoms. The van der Waals surface area contributed by atoms with Crippen molar-refractivity contribution in [3.05, 3.63) is 34.7 Å². The SMILES string of the molecule is COCCS(=O)Cc1c(C(=O)O)sc2ccccc12. The van der Waals surface area contributed by atoms with E-state index < -0.39 is 16.8 Å². The molecule has 102 valence electrons. The lowest BCUT2D eigenvalue weighted by Gasteiger charge is -2.02. The number of rotatable bonds is 6. The van der Waals surface area contributed by atoms with Gasteiger partial charge in [0.05, 0.1) is 12.4 Å². The molecule has 1 heterocycles. The number of carbonyl (C=O) groups is 1. The molecule has 0 fully saturated rings. The molecule has 1 unspecified atom stereocenters. The third-order valence-corrected chi connectivity index (χ3v) is 5.15. The van der Waals surface area contributed by atoms with Crippen LogP contribution in [0.2, 0.25) is 0 Å². The quantitative estimate of drug-likeness (QED) is 0.890. The largest absolute Gasteiger partial charge is 0.477 e. The molecule has 1 aromatic carbocycles. The fourth-order valence-electron chi connectivity index (χ4n) is 1.82. The van der Waals surface area contributed by atoms with Crippen molar-refractivity contribution in [2.45, 2.75) is 5.75 Å². The zero-order valence-corrected chi connectivity index (χ0v) is 12.1. The van der Waals surface area contributed by atoms with Gasteiger partial charge in [0.25, 0.3) is 0 Å². The summed E-state index contributed by atoms with van der Waals surface area (Å²) in [7, 11) is 0.442. The maximum absolute atomic E-state index is 11.9. The molecule has 19 heavy (non-hydrogen) atoms. The molecule has 0 aliphatic heterocycles. The summed E-state index contributed by atoms with van der Waals surface area (Å²) in [4.78, 5) is 11.6. The van der Waals surface area contributed by atoms with E-state index in [1.54, 1.807) is 7.11 Å². The molecule has 1 aromatic heterocycles. The molecular weight excluding hydrogens is 284 g/mol. The normalized spacial score (nSPS) is 12.7. The maximum Gasteiger partial charge on any atom is 0.346 e. The van der Waals surface area contributed by atoms with E-state index in [0.29, 0.717) is 17.9 Å². The lowest BCUT2D eigenvalue weighted by molar-refractivity contribution is 0.0701. The Balaban J connectivity index is 2.36. The zero-order valence-electron chi connectivity index (χ0n) is 10.4. The van der Waals surface area contributed by atoms with Gasteiger partial charge in [0.15, 0.2) is 0 Å². The molecule has 2 rings (SSSR count). The highest BCUT2D eigenvalue weighted by atomic mass is 32.2. The third kappa shape index (κ3) is 3.20. The predicted octanol–water partition coefficient (Wildman–Crippen LogP) is 2.49. The fraction of sp³-hybridized carbons (Fsp3) is 0.308. The number of carboxylic acids is 1. The average molecular weight is 298 g/mol. The number of aromatic carboxylic acids is 1. The molecule has 1 atom stereocenters. The Morgan fingerprint density at radius 2 is 2.16 bits per heavy atom. The first-order chi connectivity index (χ1) is 9.13. The number of ether oxygens (including phenoxy) is 1. The van der Waals surface area contributed by atoms with Crippen molar-refractivity contribution in [1.82, 2.24) is 0 Å². The van der Waals surface area contributed by atoms with E-state index in [1.165, 1.54) is 11.3 Å². The summed E-state index contributed by atoms with van der Waals surface area (Å²) in [5, 5.41) is 10.1. The summed E-state index contributed by atoms with van der Waals surface area (Å²) in [6.45, 7) is 0.414. The van der Waals surface area contributed by atoms with Gasteiger partial charge in [-0.05, 0) is 17.0 Å². The first kappa shape index (κ1) is 14.2. The molecule has 0 amide bonds. The van der Waals surface area contributed by atoms with Crippen LogP contribution in [0.3, 0.4) is 0 Å². The van der Waals surface area contributed by atoms with Crippen LogP contribution in [0.15, 0.2) is 24.3 Å². The van der Waals surface area contributed by atoms with E-state index >= 15 is 0 Å². The van der Waals surface area contributed by atoms with E-state index in [-0.39, 0.29) is 10.6 Å². The molecule has 2 aromatic rings. The molecule has 4 nitrogen and oxygen atoms in total. The molecule has 0 radical (unpaired) electrons. The van der Waals surface area contributed by atoms with Gasteiger partial charge in [-0.15, -0.1) is 11.3 Å². The van der Waals surface area contributed by atoms with E-state index in [0.717, 1.165) is 10.1 Å². The Morgan fingerprint density at radius 3 is 2.84 bits per heavy atom. The van der Waals surface area contributed by atoms with Gasteiger partial charge in [-0.1, -0.05) is 18.2 Å². The summed E-state index contributed by atoms with van der Waals surface area (Å²) in [6, 6.07) is 7.49. The standard InChI is InChI=1S/C13H14O4S2/c1-17-6-7-19(16)8-10-9-4-2-3-5-11(9)18-12(10)13(14)15/h2-5H,6-8H2,1H3,(H,14,15). The van der Waals surface area contributed by atoms with Crippen LogP contribution in [0.4, 0.5) is 0 Å². The van der Waals surface area contributed by atoms with Crippen molar-refractivity contribution in [2.75, 3.05) is 19.5 Å². The molecule has 6 heteroatoms. The number of benzene rings is 1. The van der Waals surface area contributed by atoms with Crippen LogP contribution in [0.1, 0.15) is 15.2 Å². The Kier molecular flexibility index (Phi) is 4.68. The van der Waals surface area contributed by atoms with Crippen molar-refractivity contribution in [2.24, 2.45) is 0 Å². The van der Waals surface area contributed by atoms with Gasteiger partial charge >= 0.3 is 5.97 Å². The van der Waals surface area contributed by atoms with E-state index in [2.05, 4.69) is 0 Å². The van der Waals surface area contributed by atoms with Gasteiger partial charge in [-0.25, -0.2) is 4.79 Å². The highest BCUT2D eigenvalue weighted by Crippen LogP contribution is 2.32. The Hall–Kier alpha value is -1.24. The molecule has 1 N–H and O–H groups in total. The number of fused-ring (bicyclic) bond motifs is 1. The van der Waals surface area contributed by atoms with Crippen LogP contribution in [-0.4, -0.2) is 34.8 Å². The minimum absolute atomic E-state index is 0.259. The van der Waals surface area contributed by atoms with Crippen LogP contribution in [0.25, 0.3) is 10.1 Å². The zero-order chi connectivity index (χ0) is 13.8. The lowest BCUT2D eigenvalue weighted by atomic mass is 10.1. The van der Waals surface area contributed by atoms with Crippen molar-refractivity contribution < 1.29 is 18.8 Å². The number of thiophene rings is 1. The summed E-state index contributed by atoms with van der Waals surface area (Å²) in [5.74, 6) is -0.283. The third-order valence-electron chi connectivity index (χ3n) is 2.71. The van der Waals surface area contributed by atoms with Gasteiger partial charge in [0, 0.05) is 28.4 Å². The average Bonchev–Trinajstić information content (AvgIpc) is 2.76. The highest BCUT2D eigenvalue weighted by Gasteiger charge is 2.19. The van der Waals surface area contributed by atoms with Crippen LogP contribution in [0, 0.1) is 0 Å². The fourth-order valence-corrected chi connectivity index (χ4v) is 4.09. The van der Waals surface area contributed by atoms with Crippen LogP contribution in [0.5, 0.6) is 0 Å². The van der Waals surface area contributed by atoms with Gasteiger partial charge < -0.3 is 9.84 Å². The topological polar surface area (TPSA) is 63.6 Å². The van der Waals surface area contributed by atoms with Crippen LogP contribution >= 0.6 is 11.3 Å². The summed E-state index contributed by atoms with van der Waals surface area (Å²) in [6.07, 6.45) is 0. The Bertz CT molecular complexity index is 618. The summed E-state index contributed by atoms with van der Waals surface area (Å²) in [5.41, 5.74) is 0.669. The van der Waals surface area contributed by atoms with Crippen LogP contribution in [-0.2, 0) is 21.3 Å². The first-order valence-corrected chi connectivity index (χ1v) is 8.01. The van der Waals surface area contributed by atoms with Gasteiger partial charge in [-0.3, -0.25) is 4.21 Å². The number of hydrogen-bond acceptors (Lipinski definition) is 4. The van der Waals surface area contributed by atoms with Gasteiger partial charge in [-0.2, -0.15) is 0 Å². The Morgan fingerprint density at radius 1 is 1.42 bits per heavy atom. The first-order valence-electron chi connectivity index (χ1n) is 5.71. The molecule has 0 saturated heterocycles. The minimum Gasteiger partial charge on any atom is -0.477 e. The maximum atomic E-state index is 11.9. The van der Waals surface area contributed by atoms with Gasteiger partial charge in [0.1, 0.15) is 4.88 Å². The summed E-state index contributed by atoms with van der Waals surface area (Å²) < 4.78 is 17.7. The summed E-state index contributed by atoms with van der Waals surface area (Å²) >= 11 is 1.23. The van der Waals surface area contributed by atoms with Crippen molar-refractivity contribution in [1.29, 1.82) is 0 Å². The number of methoxy groups -OCH3 is 1. The minimum atomic E-state index is -1.11. The number of carboxylic acid groups (broad SMARTS) is 1. The Labute approximate surface area is 117 Å². The van der Waals surface area contributed by atoms with Crippen molar-refractivity contribution in [3.8, 4) is 0 Å². The molecular formula is C13H14O4S2. The second-order valence-electron chi connectivity index (χ2n) is 3.99. The van der Waals surface area contributed by atoms with Crippen molar-refractivity contribution in [3.63, 3.8) is 0 Å². The molecule has 0 saturated carbocycles. The van der Waals surface area contributed by atoms with E-state index in [4.69, 9.17) is 4.74 Å². The smallest absolute Gasteiger partial charge is 0.346 e. The van der Waals surface area contributed by atoms with E-state index in [1.807, 2.05) is 24.3 Å². The van der Waals surface area contributed by atoms with Gasteiger partial charge in [0.2, 0.25) is 0 Å². The molecule has 0 bridgehead atoms. The van der Waals surface area contributed by atoms with Crippen LogP contribution < -0.4 is 0 Å². The second-order valence-corrected chi connectivity index (χ2v) is 6.62. The monoisotopic (exact) mass is 298 g/mol.